The van der Waals surface area contributed by atoms with E-state index in [9.17, 15) is 4.79 Å². The number of carbonyl (C=O) groups excluding carboxylic acids is 1. The van der Waals surface area contributed by atoms with Gasteiger partial charge in [0, 0.05) is 23.7 Å². The molecule has 0 atom stereocenters. The fourth-order valence-electron chi connectivity index (χ4n) is 3.76. The number of pyridine rings is 2. The van der Waals surface area contributed by atoms with Gasteiger partial charge in [0.2, 0.25) is 0 Å². The molecule has 2 N–H and O–H groups in total. The molecular formula is C23H26N4O4. The standard InChI is InChI=1S/C23H26N4O4/c1-29-20-12-17-18(13-21(20)30-2)24-11-10-19(17)31-16-8-9-22(25-14-16)27-23(28)26-15-6-4-3-5-7-15/h8-15H,3-7H2,1-2H3,(H2,25,26,27,28). The van der Waals surface area contributed by atoms with E-state index in [2.05, 4.69) is 20.6 Å². The summed E-state index contributed by atoms with van der Waals surface area (Å²) in [6.45, 7) is 0. The number of carbonyl (C=O) groups is 1. The van der Waals surface area contributed by atoms with Crippen LogP contribution in [0, 0.1) is 0 Å². The Morgan fingerprint density at radius 2 is 1.74 bits per heavy atom. The normalized spacial score (nSPS) is 14.1. The molecule has 3 aromatic rings. The van der Waals surface area contributed by atoms with E-state index in [1.54, 1.807) is 50.9 Å². The lowest BCUT2D eigenvalue weighted by Crippen LogP contribution is -2.39. The quantitative estimate of drug-likeness (QED) is 0.587. The molecule has 0 saturated heterocycles. The number of fused-ring (bicyclic) bond motifs is 1. The number of hydrogen-bond acceptors (Lipinski definition) is 6. The van der Waals surface area contributed by atoms with E-state index >= 15 is 0 Å². The predicted molar refractivity (Wildman–Crippen MR) is 118 cm³/mol. The van der Waals surface area contributed by atoms with E-state index in [-0.39, 0.29) is 12.1 Å². The highest BCUT2D eigenvalue weighted by Gasteiger charge is 2.16. The van der Waals surface area contributed by atoms with Crippen molar-refractivity contribution >= 4 is 22.8 Å². The maximum atomic E-state index is 12.2. The van der Waals surface area contributed by atoms with Crippen LogP contribution in [0.5, 0.6) is 23.0 Å². The Hall–Kier alpha value is -3.55. The molecule has 31 heavy (non-hydrogen) atoms. The van der Waals surface area contributed by atoms with Crippen LogP contribution in [0.25, 0.3) is 10.9 Å². The second-order valence-electron chi connectivity index (χ2n) is 7.45. The summed E-state index contributed by atoms with van der Waals surface area (Å²) in [5.74, 6) is 2.81. The maximum absolute atomic E-state index is 12.2. The molecule has 1 saturated carbocycles. The Morgan fingerprint density at radius 1 is 0.968 bits per heavy atom. The van der Waals surface area contributed by atoms with Crippen molar-refractivity contribution in [1.82, 2.24) is 15.3 Å². The molecule has 1 aliphatic carbocycles. The van der Waals surface area contributed by atoms with Crippen LogP contribution < -0.4 is 24.8 Å². The third-order valence-electron chi connectivity index (χ3n) is 5.35. The topological polar surface area (TPSA) is 94.6 Å². The SMILES string of the molecule is COc1cc2nccc(Oc3ccc(NC(=O)NC4CCCCC4)nc3)c2cc1OC. The van der Waals surface area contributed by atoms with E-state index in [0.717, 1.165) is 36.6 Å². The van der Waals surface area contributed by atoms with Gasteiger partial charge in [0.1, 0.15) is 17.3 Å². The third kappa shape index (κ3) is 4.96. The first-order chi connectivity index (χ1) is 15.2. The summed E-state index contributed by atoms with van der Waals surface area (Å²) in [5, 5.41) is 6.58. The zero-order valence-corrected chi connectivity index (χ0v) is 17.7. The highest BCUT2D eigenvalue weighted by atomic mass is 16.5. The van der Waals surface area contributed by atoms with Gasteiger partial charge in [-0.1, -0.05) is 19.3 Å². The summed E-state index contributed by atoms with van der Waals surface area (Å²) in [4.78, 5) is 20.9. The van der Waals surface area contributed by atoms with Crippen molar-refractivity contribution in [3.8, 4) is 23.0 Å². The third-order valence-corrected chi connectivity index (χ3v) is 5.35. The number of hydrogen-bond donors (Lipinski definition) is 2. The highest BCUT2D eigenvalue weighted by Crippen LogP contribution is 2.36. The fourth-order valence-corrected chi connectivity index (χ4v) is 3.76. The van der Waals surface area contributed by atoms with Crippen LogP contribution in [0.3, 0.4) is 0 Å². The summed E-state index contributed by atoms with van der Waals surface area (Å²) in [5.41, 5.74) is 0.723. The Balaban J connectivity index is 1.45. The smallest absolute Gasteiger partial charge is 0.320 e. The van der Waals surface area contributed by atoms with Crippen molar-refractivity contribution in [2.75, 3.05) is 19.5 Å². The summed E-state index contributed by atoms with van der Waals surface area (Å²) in [6, 6.07) is 8.89. The number of ether oxygens (including phenoxy) is 3. The average molecular weight is 422 g/mol. The zero-order valence-electron chi connectivity index (χ0n) is 17.7. The largest absolute Gasteiger partial charge is 0.493 e. The molecule has 1 aromatic carbocycles. The maximum Gasteiger partial charge on any atom is 0.320 e. The van der Waals surface area contributed by atoms with E-state index in [1.807, 2.05) is 6.07 Å². The fraction of sp³-hybridized carbons (Fsp3) is 0.348. The van der Waals surface area contributed by atoms with Gasteiger partial charge in [-0.3, -0.25) is 10.3 Å². The Bertz CT molecular complexity index is 1050. The molecule has 2 amide bonds. The average Bonchev–Trinajstić information content (AvgIpc) is 2.80. The van der Waals surface area contributed by atoms with Crippen LogP contribution in [0.4, 0.5) is 10.6 Å². The Labute approximate surface area is 180 Å². The van der Waals surface area contributed by atoms with Crippen molar-refractivity contribution in [3.05, 3.63) is 42.7 Å². The molecule has 2 heterocycles. The number of rotatable bonds is 6. The first-order valence-corrected chi connectivity index (χ1v) is 10.4. The molecule has 8 nitrogen and oxygen atoms in total. The lowest BCUT2D eigenvalue weighted by molar-refractivity contribution is 0.244. The minimum absolute atomic E-state index is 0.228. The molecular weight excluding hydrogens is 396 g/mol. The summed E-state index contributed by atoms with van der Waals surface area (Å²) in [7, 11) is 3.17. The van der Waals surface area contributed by atoms with Crippen LogP contribution in [0.2, 0.25) is 0 Å². The van der Waals surface area contributed by atoms with Crippen LogP contribution in [0.15, 0.2) is 42.7 Å². The van der Waals surface area contributed by atoms with E-state index < -0.39 is 0 Å². The molecule has 1 fully saturated rings. The van der Waals surface area contributed by atoms with Gasteiger partial charge in [-0.2, -0.15) is 0 Å². The number of nitrogens with zero attached hydrogens (tertiary/aromatic N) is 2. The van der Waals surface area contributed by atoms with Crippen molar-refractivity contribution < 1.29 is 19.0 Å². The van der Waals surface area contributed by atoms with Gasteiger partial charge < -0.3 is 19.5 Å². The second kappa shape index (κ2) is 9.51. The Morgan fingerprint density at radius 3 is 2.45 bits per heavy atom. The minimum Gasteiger partial charge on any atom is -0.493 e. The van der Waals surface area contributed by atoms with Crippen LogP contribution in [0.1, 0.15) is 32.1 Å². The van der Waals surface area contributed by atoms with Crippen molar-refractivity contribution in [1.29, 1.82) is 0 Å². The molecule has 1 aliphatic rings. The molecule has 0 bridgehead atoms. The monoisotopic (exact) mass is 422 g/mol. The van der Waals surface area contributed by atoms with Crippen molar-refractivity contribution in [3.63, 3.8) is 0 Å². The molecule has 2 aromatic heterocycles. The van der Waals surface area contributed by atoms with Crippen LogP contribution in [-0.4, -0.2) is 36.3 Å². The van der Waals surface area contributed by atoms with Crippen LogP contribution >= 0.6 is 0 Å². The first kappa shape index (κ1) is 20.7. The number of aromatic nitrogens is 2. The van der Waals surface area contributed by atoms with Crippen molar-refractivity contribution in [2.45, 2.75) is 38.1 Å². The van der Waals surface area contributed by atoms with E-state index in [4.69, 9.17) is 14.2 Å². The highest BCUT2D eigenvalue weighted by molar-refractivity contribution is 5.89. The van der Waals surface area contributed by atoms with E-state index in [0.29, 0.717) is 28.8 Å². The molecule has 4 rings (SSSR count). The molecule has 0 aliphatic heterocycles. The van der Waals surface area contributed by atoms with Gasteiger partial charge in [-0.05, 0) is 37.1 Å². The van der Waals surface area contributed by atoms with Gasteiger partial charge >= 0.3 is 6.03 Å². The molecule has 8 heteroatoms. The number of urea groups is 1. The molecule has 0 radical (unpaired) electrons. The zero-order chi connectivity index (χ0) is 21.6. The number of nitrogens with one attached hydrogen (secondary N) is 2. The minimum atomic E-state index is -0.228. The van der Waals surface area contributed by atoms with Crippen LogP contribution in [-0.2, 0) is 0 Å². The number of methoxy groups -OCH3 is 2. The summed E-state index contributed by atoms with van der Waals surface area (Å²) in [6.07, 6.45) is 8.88. The molecule has 162 valence electrons. The first-order valence-electron chi connectivity index (χ1n) is 10.4. The summed E-state index contributed by atoms with van der Waals surface area (Å²) < 4.78 is 16.7. The van der Waals surface area contributed by atoms with Gasteiger partial charge in [0.15, 0.2) is 11.5 Å². The van der Waals surface area contributed by atoms with Gasteiger partial charge in [0.25, 0.3) is 0 Å². The summed E-state index contributed by atoms with van der Waals surface area (Å²) >= 11 is 0. The lowest BCUT2D eigenvalue weighted by Gasteiger charge is -2.22. The number of benzene rings is 1. The Kier molecular flexibility index (Phi) is 6.35. The molecule has 0 spiro atoms. The predicted octanol–water partition coefficient (Wildman–Crippen LogP) is 4.89. The van der Waals surface area contributed by atoms with Gasteiger partial charge in [-0.15, -0.1) is 0 Å². The van der Waals surface area contributed by atoms with Crippen molar-refractivity contribution in [2.24, 2.45) is 0 Å². The number of amides is 2. The second-order valence-corrected chi connectivity index (χ2v) is 7.45. The molecule has 0 unspecified atom stereocenters. The van der Waals surface area contributed by atoms with E-state index in [1.165, 1.54) is 6.42 Å². The van der Waals surface area contributed by atoms with Gasteiger partial charge in [0.05, 0.1) is 25.9 Å². The van der Waals surface area contributed by atoms with Gasteiger partial charge in [-0.25, -0.2) is 9.78 Å². The lowest BCUT2D eigenvalue weighted by atomic mass is 9.96. The number of anilines is 1.